The number of carbonyl (C=O) groups is 3. The first-order valence-corrected chi connectivity index (χ1v) is 10.1. The van der Waals surface area contributed by atoms with Crippen LogP contribution in [0.3, 0.4) is 0 Å². The first-order valence-electron chi connectivity index (χ1n) is 10.1. The van der Waals surface area contributed by atoms with Gasteiger partial charge in [0, 0.05) is 36.6 Å². The lowest BCUT2D eigenvalue weighted by molar-refractivity contribution is -0.509. The number of anilines is 2. The Morgan fingerprint density at radius 2 is 1.77 bits per heavy atom. The molecule has 4 rings (SSSR count). The van der Waals surface area contributed by atoms with Crippen molar-refractivity contribution >= 4 is 29.1 Å². The molecular weight excluding hydrogens is 398 g/mol. The minimum atomic E-state index is -0.792. The second kappa shape index (κ2) is 8.55. The van der Waals surface area contributed by atoms with Crippen molar-refractivity contribution in [1.82, 2.24) is 4.90 Å². The molecule has 160 valence electrons. The van der Waals surface area contributed by atoms with Gasteiger partial charge in [-0.05, 0) is 48.0 Å². The first-order chi connectivity index (χ1) is 15.0. The maximum atomic E-state index is 12.7. The Morgan fingerprint density at radius 1 is 1.10 bits per heavy atom. The highest BCUT2D eigenvalue weighted by molar-refractivity contribution is 6.32. The molecule has 1 unspecified atom stereocenters. The van der Waals surface area contributed by atoms with Crippen molar-refractivity contribution in [2.24, 2.45) is 5.11 Å². The molecule has 2 aromatic carbocycles. The summed E-state index contributed by atoms with van der Waals surface area (Å²) >= 11 is 0. The van der Waals surface area contributed by atoms with Crippen molar-refractivity contribution in [3.8, 4) is 5.75 Å². The molecular formula is C22H24N5O4+. The second-order valence-electron chi connectivity index (χ2n) is 7.23. The predicted molar refractivity (Wildman–Crippen MR) is 113 cm³/mol. The van der Waals surface area contributed by atoms with Crippen LogP contribution >= 0.6 is 0 Å². The SMILES string of the molecule is CCOc1ccc(N2CCN3C(=O)C(=O)[N+](CC(=O)N(C)c4ccccc4)=NC32)cc1. The van der Waals surface area contributed by atoms with E-state index in [0.29, 0.717) is 25.4 Å². The van der Waals surface area contributed by atoms with Crippen LogP contribution < -0.4 is 14.5 Å². The molecule has 0 aliphatic carbocycles. The molecule has 3 amide bonds. The zero-order valence-electron chi connectivity index (χ0n) is 17.5. The molecule has 1 atom stereocenters. The number of para-hydroxylation sites is 1. The molecule has 1 fully saturated rings. The van der Waals surface area contributed by atoms with E-state index in [1.54, 1.807) is 19.2 Å². The Morgan fingerprint density at radius 3 is 2.45 bits per heavy atom. The number of rotatable bonds is 6. The normalized spacial score (nSPS) is 18.0. The number of likely N-dealkylation sites (N-methyl/N-ethyl adjacent to an activating group) is 1. The average Bonchev–Trinajstić information content (AvgIpc) is 3.22. The number of nitrogens with zero attached hydrogens (tertiary/aromatic N) is 5. The van der Waals surface area contributed by atoms with Gasteiger partial charge in [0.15, 0.2) is 0 Å². The molecule has 0 radical (unpaired) electrons. The predicted octanol–water partition coefficient (Wildman–Crippen LogP) is 1.69. The van der Waals surface area contributed by atoms with Crippen LogP contribution in [0, 0.1) is 0 Å². The molecule has 0 N–H and O–H groups in total. The van der Waals surface area contributed by atoms with E-state index in [1.165, 1.54) is 9.80 Å². The monoisotopic (exact) mass is 422 g/mol. The average molecular weight is 422 g/mol. The van der Waals surface area contributed by atoms with E-state index in [0.717, 1.165) is 16.1 Å². The third-order valence-corrected chi connectivity index (χ3v) is 5.34. The fourth-order valence-corrected chi connectivity index (χ4v) is 3.66. The minimum absolute atomic E-state index is 0.308. The molecule has 2 heterocycles. The zero-order chi connectivity index (χ0) is 22.0. The molecule has 2 aliphatic heterocycles. The van der Waals surface area contributed by atoms with Gasteiger partial charge in [0.2, 0.25) is 0 Å². The second-order valence-corrected chi connectivity index (χ2v) is 7.23. The first kappa shape index (κ1) is 20.5. The maximum absolute atomic E-state index is 12.7. The summed E-state index contributed by atoms with van der Waals surface area (Å²) in [4.78, 5) is 42.7. The third-order valence-electron chi connectivity index (χ3n) is 5.34. The van der Waals surface area contributed by atoms with Crippen molar-refractivity contribution in [2.75, 3.05) is 43.1 Å². The fraction of sp³-hybridized carbons (Fsp3) is 0.318. The van der Waals surface area contributed by atoms with Crippen molar-refractivity contribution in [3.63, 3.8) is 0 Å². The molecule has 2 aromatic rings. The van der Waals surface area contributed by atoms with Gasteiger partial charge < -0.3 is 14.5 Å². The number of fused-ring (bicyclic) bond motifs is 1. The molecule has 1 saturated heterocycles. The Balaban J connectivity index is 1.56. The van der Waals surface area contributed by atoms with Crippen LogP contribution in [-0.2, 0) is 14.4 Å². The molecule has 2 aliphatic rings. The summed E-state index contributed by atoms with van der Waals surface area (Å²) in [5, 5.41) is 4.44. The summed E-state index contributed by atoms with van der Waals surface area (Å²) in [6, 6.07) is 16.6. The van der Waals surface area contributed by atoms with Gasteiger partial charge >= 0.3 is 11.8 Å². The highest BCUT2D eigenvalue weighted by Crippen LogP contribution is 2.28. The summed E-state index contributed by atoms with van der Waals surface area (Å²) in [7, 11) is 1.63. The Hall–Kier alpha value is -3.75. The molecule has 0 saturated carbocycles. The van der Waals surface area contributed by atoms with Crippen molar-refractivity contribution in [1.29, 1.82) is 0 Å². The standard InChI is InChI=1S/C22H24N5O4/c1-3-31-18-11-9-17(10-12-18)25-13-14-26-20(29)21(30)27(23-22(25)26)15-19(28)24(2)16-7-5-4-6-8-16/h4-12,22H,3,13-15H2,1-2H3/q+1. The smallest absolute Gasteiger partial charge is 0.494 e. The van der Waals surface area contributed by atoms with Crippen LogP contribution in [0.2, 0.25) is 0 Å². The van der Waals surface area contributed by atoms with E-state index in [-0.39, 0.29) is 12.5 Å². The van der Waals surface area contributed by atoms with Crippen molar-refractivity contribution in [2.45, 2.75) is 13.2 Å². The lowest BCUT2D eigenvalue weighted by atomic mass is 10.3. The zero-order valence-corrected chi connectivity index (χ0v) is 17.5. The van der Waals surface area contributed by atoms with Gasteiger partial charge in [0.05, 0.1) is 6.61 Å². The number of hydrogen-bond acceptors (Lipinski definition) is 6. The van der Waals surface area contributed by atoms with Crippen LogP contribution in [0.1, 0.15) is 6.92 Å². The van der Waals surface area contributed by atoms with Gasteiger partial charge in [-0.1, -0.05) is 18.2 Å². The maximum Gasteiger partial charge on any atom is 0.502 e. The molecule has 31 heavy (non-hydrogen) atoms. The van der Waals surface area contributed by atoms with Gasteiger partial charge in [-0.15, -0.1) is 0 Å². The van der Waals surface area contributed by atoms with E-state index < -0.39 is 18.1 Å². The summed E-state index contributed by atoms with van der Waals surface area (Å²) in [5.41, 5.74) is 1.55. The van der Waals surface area contributed by atoms with E-state index >= 15 is 0 Å². The van der Waals surface area contributed by atoms with Crippen LogP contribution in [0.4, 0.5) is 11.4 Å². The van der Waals surface area contributed by atoms with Crippen LogP contribution in [0.15, 0.2) is 59.7 Å². The van der Waals surface area contributed by atoms with Crippen LogP contribution in [0.5, 0.6) is 5.75 Å². The highest BCUT2D eigenvalue weighted by atomic mass is 16.5. The van der Waals surface area contributed by atoms with Crippen molar-refractivity contribution in [3.05, 3.63) is 54.6 Å². The lowest BCUT2D eigenvalue weighted by Gasteiger charge is -2.27. The van der Waals surface area contributed by atoms with Crippen molar-refractivity contribution < 1.29 is 23.8 Å². The van der Waals surface area contributed by atoms with Crippen LogP contribution in [-0.4, -0.2) is 66.9 Å². The molecule has 0 aromatic heterocycles. The van der Waals surface area contributed by atoms with Gasteiger partial charge in [0.1, 0.15) is 5.75 Å². The number of azo groups is 2. The van der Waals surface area contributed by atoms with E-state index in [4.69, 9.17) is 4.74 Å². The quantitative estimate of drug-likeness (QED) is 0.522. The number of benzene rings is 2. The van der Waals surface area contributed by atoms with E-state index in [1.807, 2.05) is 54.3 Å². The summed E-state index contributed by atoms with van der Waals surface area (Å²) in [5.74, 6) is -1.02. The Bertz CT molecular complexity index is 1020. The lowest BCUT2D eigenvalue weighted by Crippen LogP contribution is -2.53. The summed E-state index contributed by atoms with van der Waals surface area (Å²) < 4.78 is 6.46. The van der Waals surface area contributed by atoms with Gasteiger partial charge in [-0.25, -0.2) is 4.79 Å². The third kappa shape index (κ3) is 3.98. The molecule has 9 heteroatoms. The van der Waals surface area contributed by atoms with Gasteiger partial charge in [-0.3, -0.25) is 14.5 Å². The number of carbonyl (C=O) groups excluding carboxylic acids is 3. The number of ether oxygens (including phenoxy) is 1. The number of hydrogen-bond donors (Lipinski definition) is 0. The Labute approximate surface area is 180 Å². The largest absolute Gasteiger partial charge is 0.502 e. The van der Waals surface area contributed by atoms with Gasteiger partial charge in [-0.2, -0.15) is 0 Å². The fourth-order valence-electron chi connectivity index (χ4n) is 3.66. The topological polar surface area (TPSA) is 85.5 Å². The van der Waals surface area contributed by atoms with E-state index in [2.05, 4.69) is 5.11 Å². The number of amides is 3. The molecule has 0 bridgehead atoms. The van der Waals surface area contributed by atoms with Gasteiger partial charge in [0.25, 0.3) is 18.7 Å². The van der Waals surface area contributed by atoms with E-state index in [9.17, 15) is 14.4 Å². The Kier molecular flexibility index (Phi) is 5.66. The molecule has 0 spiro atoms. The highest BCUT2D eigenvalue weighted by Gasteiger charge is 2.49. The minimum Gasteiger partial charge on any atom is -0.494 e. The summed E-state index contributed by atoms with van der Waals surface area (Å²) in [6.07, 6.45) is -0.669. The molecule has 9 nitrogen and oxygen atoms in total. The summed E-state index contributed by atoms with van der Waals surface area (Å²) in [6.45, 7) is 3.11. The van der Waals surface area contributed by atoms with Crippen LogP contribution in [0.25, 0.3) is 0 Å².